The fourth-order valence-electron chi connectivity index (χ4n) is 6.48. The van der Waals surface area contributed by atoms with E-state index in [-0.39, 0.29) is 37.7 Å². The van der Waals surface area contributed by atoms with Gasteiger partial charge in [-0.2, -0.15) is 0 Å². The second kappa shape index (κ2) is 43.0. The molecule has 314 valence electrons. The molecule has 0 bridgehead atoms. The number of carbonyl (C=O) groups excluding carboxylic acids is 3. The smallest absolute Gasteiger partial charge is 0.306 e. The van der Waals surface area contributed by atoms with Crippen molar-refractivity contribution in [3.63, 3.8) is 0 Å². The molecule has 9 heteroatoms. The van der Waals surface area contributed by atoms with Crippen LogP contribution in [0.1, 0.15) is 233 Å². The van der Waals surface area contributed by atoms with Crippen LogP contribution in [0.2, 0.25) is 0 Å². The molecule has 0 aromatic rings. The Morgan fingerprint density at radius 1 is 0.453 bits per heavy atom. The Labute approximate surface area is 326 Å². The Kier molecular flexibility index (Phi) is 41.6. The molecular formula is C44H86N2O7. The van der Waals surface area contributed by atoms with Crippen molar-refractivity contribution in [2.24, 2.45) is 0 Å². The Morgan fingerprint density at radius 3 is 1.23 bits per heavy atom. The summed E-state index contributed by atoms with van der Waals surface area (Å²) in [5, 5.41) is 2.71. The highest BCUT2D eigenvalue weighted by atomic mass is 16.9. The zero-order valence-corrected chi connectivity index (χ0v) is 35.1. The van der Waals surface area contributed by atoms with E-state index in [2.05, 4.69) is 24.8 Å². The van der Waals surface area contributed by atoms with Crippen molar-refractivity contribution in [1.29, 1.82) is 0 Å². The van der Waals surface area contributed by atoms with E-state index in [0.717, 1.165) is 38.5 Å². The van der Waals surface area contributed by atoms with Crippen LogP contribution in [0, 0.1) is 0 Å². The molecule has 9 nitrogen and oxygen atoms in total. The predicted molar refractivity (Wildman–Crippen MR) is 218 cm³/mol. The van der Waals surface area contributed by atoms with Gasteiger partial charge >= 0.3 is 11.9 Å². The molecule has 0 saturated heterocycles. The number of hydrogen-bond acceptors (Lipinski definition) is 8. The van der Waals surface area contributed by atoms with Gasteiger partial charge in [-0.25, -0.2) is 0 Å². The van der Waals surface area contributed by atoms with Crippen LogP contribution in [0.3, 0.4) is 0 Å². The van der Waals surface area contributed by atoms with Gasteiger partial charge in [0.2, 0.25) is 5.91 Å². The van der Waals surface area contributed by atoms with Crippen LogP contribution in [-0.4, -0.2) is 50.3 Å². The Morgan fingerprint density at radius 2 is 0.830 bits per heavy atom. The minimum Gasteiger partial charge on any atom is -0.462 e. The summed E-state index contributed by atoms with van der Waals surface area (Å²) in [6, 6.07) is 0. The molecule has 0 aliphatic rings. The first-order valence-electron chi connectivity index (χ1n) is 22.6. The van der Waals surface area contributed by atoms with Crippen molar-refractivity contribution in [3.8, 4) is 0 Å². The van der Waals surface area contributed by atoms with E-state index >= 15 is 0 Å². The summed E-state index contributed by atoms with van der Waals surface area (Å²) in [5.41, 5.74) is 2.37. The van der Waals surface area contributed by atoms with Gasteiger partial charge in [0.25, 0.3) is 0 Å². The quantitative estimate of drug-likeness (QED) is 0.0359. The highest BCUT2D eigenvalue weighted by Gasteiger charge is 2.18. The van der Waals surface area contributed by atoms with Crippen LogP contribution in [0.15, 0.2) is 0 Å². The lowest BCUT2D eigenvalue weighted by Crippen LogP contribution is -2.33. The van der Waals surface area contributed by atoms with Crippen LogP contribution in [0.4, 0.5) is 0 Å². The molecule has 0 heterocycles. The maximum atomic E-state index is 12.6. The third kappa shape index (κ3) is 41.3. The first-order valence-corrected chi connectivity index (χ1v) is 22.6. The predicted octanol–water partition coefficient (Wildman–Crippen LogP) is 11.9. The van der Waals surface area contributed by atoms with Crippen LogP contribution >= 0.6 is 0 Å². The van der Waals surface area contributed by atoms with E-state index in [9.17, 15) is 14.4 Å². The number of rotatable bonds is 43. The summed E-state index contributed by atoms with van der Waals surface area (Å²) < 4.78 is 11.1. The first-order chi connectivity index (χ1) is 26.0. The fourth-order valence-corrected chi connectivity index (χ4v) is 6.48. The first kappa shape index (κ1) is 51.3. The van der Waals surface area contributed by atoms with Gasteiger partial charge in [0.1, 0.15) is 13.2 Å². The number of amides is 1. The molecule has 0 aliphatic heterocycles. The third-order valence-corrected chi connectivity index (χ3v) is 9.93. The average Bonchev–Trinajstić information content (AvgIpc) is 3.16. The lowest BCUT2D eigenvalue weighted by atomic mass is 10.0. The van der Waals surface area contributed by atoms with Gasteiger partial charge in [-0.05, 0) is 12.8 Å². The Bertz CT molecular complexity index is 798. The highest BCUT2D eigenvalue weighted by molar-refractivity contribution is 5.75. The van der Waals surface area contributed by atoms with Crippen LogP contribution in [0.5, 0.6) is 0 Å². The number of nitrogens with one attached hydrogen (secondary N) is 2. The number of hydrogen-bond donors (Lipinski definition) is 2. The van der Waals surface area contributed by atoms with E-state index in [0.29, 0.717) is 25.8 Å². The molecule has 0 aromatic heterocycles. The molecule has 0 saturated carbocycles. The van der Waals surface area contributed by atoms with Crippen molar-refractivity contribution in [2.75, 3.05) is 26.4 Å². The molecule has 1 unspecified atom stereocenters. The van der Waals surface area contributed by atoms with E-state index < -0.39 is 6.10 Å². The highest BCUT2D eigenvalue weighted by Crippen LogP contribution is 2.16. The minimum absolute atomic E-state index is 0.0296. The van der Waals surface area contributed by atoms with Crippen LogP contribution in [0.25, 0.3) is 0 Å². The summed E-state index contributed by atoms with van der Waals surface area (Å²) >= 11 is 0. The van der Waals surface area contributed by atoms with E-state index in [1.807, 2.05) is 0 Å². The van der Waals surface area contributed by atoms with Crippen LogP contribution in [-0.2, 0) is 33.5 Å². The lowest BCUT2D eigenvalue weighted by molar-refractivity contribution is -0.197. The molecule has 0 spiro atoms. The average molecular weight is 755 g/mol. The van der Waals surface area contributed by atoms with E-state index in [1.165, 1.54) is 154 Å². The number of esters is 2. The number of ether oxygens (including phenoxy) is 2. The summed E-state index contributed by atoms with van der Waals surface area (Å²) in [4.78, 5) is 46.9. The fraction of sp³-hybridized carbons (Fsp3) is 0.932. The monoisotopic (exact) mass is 755 g/mol. The maximum Gasteiger partial charge on any atom is 0.306 e. The van der Waals surface area contributed by atoms with Crippen molar-refractivity contribution in [3.05, 3.63) is 0 Å². The molecule has 0 rings (SSSR count). The molecule has 0 radical (unpaired) electrons. The lowest BCUT2D eigenvalue weighted by Gasteiger charge is -2.18. The summed E-state index contributed by atoms with van der Waals surface area (Å²) in [6.45, 7) is 6.79. The largest absolute Gasteiger partial charge is 0.462 e. The zero-order chi connectivity index (χ0) is 38.7. The number of unbranched alkanes of at least 4 members (excludes halogenated alkanes) is 28. The second-order valence-electron chi connectivity index (χ2n) is 15.1. The minimum atomic E-state index is -0.736. The van der Waals surface area contributed by atoms with Gasteiger partial charge in [-0.1, -0.05) is 206 Å². The maximum absolute atomic E-state index is 12.6. The summed E-state index contributed by atoms with van der Waals surface area (Å²) in [5.74, 6) is -0.643. The van der Waals surface area contributed by atoms with Crippen molar-refractivity contribution < 1.29 is 33.5 Å². The molecule has 53 heavy (non-hydrogen) atoms. The molecule has 0 aliphatic carbocycles. The van der Waals surface area contributed by atoms with E-state index in [4.69, 9.17) is 19.1 Å². The molecule has 2 N–H and O–H groups in total. The van der Waals surface area contributed by atoms with Crippen LogP contribution < -0.4 is 11.0 Å². The molecule has 1 amide bonds. The Balaban J connectivity index is 4.10. The van der Waals surface area contributed by atoms with Gasteiger partial charge in [0, 0.05) is 25.8 Å². The summed E-state index contributed by atoms with van der Waals surface area (Å²) in [6.07, 6.45) is 38.6. The van der Waals surface area contributed by atoms with Gasteiger partial charge < -0.3 is 14.8 Å². The van der Waals surface area contributed by atoms with Gasteiger partial charge in [0.15, 0.2) is 6.10 Å². The third-order valence-electron chi connectivity index (χ3n) is 9.93. The zero-order valence-electron chi connectivity index (χ0n) is 35.1. The van der Waals surface area contributed by atoms with Crippen molar-refractivity contribution in [1.82, 2.24) is 11.0 Å². The van der Waals surface area contributed by atoms with E-state index in [1.54, 1.807) is 6.92 Å². The van der Waals surface area contributed by atoms with Crippen molar-refractivity contribution in [2.45, 2.75) is 239 Å². The normalized spacial score (nSPS) is 11.8. The topological polar surface area (TPSA) is 112 Å². The second-order valence-corrected chi connectivity index (χ2v) is 15.1. The Hall–Kier alpha value is -1.71. The van der Waals surface area contributed by atoms with Gasteiger partial charge in [-0.3, -0.25) is 24.1 Å². The SMILES string of the molecule is CCCCCCCCCCCCCCCCCC(=O)OCC(CONOCCNC(=O)CC)OC(=O)CCCCCCCCCCCCCCCCC. The summed E-state index contributed by atoms with van der Waals surface area (Å²) in [7, 11) is 0. The molecule has 0 aromatic carbocycles. The molecule has 1 atom stereocenters. The number of carbonyl (C=O) groups is 3. The molecule has 0 fully saturated rings. The molecular weight excluding hydrogens is 668 g/mol. The standard InChI is InChI=1S/C44H86N2O7/c1-4-7-9-11-13-15-17-19-21-23-25-27-29-31-33-35-43(48)50-39-41(40-52-46-51-38-37-45-42(47)6-3)53-44(49)36-34-32-30-28-26-24-22-20-18-16-14-12-10-8-5-2/h41,46H,4-40H2,1-3H3,(H,45,47). The van der Waals surface area contributed by atoms with Gasteiger partial charge in [-0.15, -0.1) is 0 Å². The van der Waals surface area contributed by atoms with Gasteiger partial charge in [0.05, 0.1) is 6.61 Å². The van der Waals surface area contributed by atoms with Crippen molar-refractivity contribution >= 4 is 17.8 Å².